The van der Waals surface area contributed by atoms with Gasteiger partial charge in [0.25, 0.3) is 0 Å². The maximum Gasteiger partial charge on any atom is 0.221 e. The molecule has 2 aromatic heterocycles. The first-order valence-corrected chi connectivity index (χ1v) is 6.19. The molecule has 1 amide bonds. The van der Waals surface area contributed by atoms with E-state index in [1.165, 1.54) is 5.56 Å². The summed E-state index contributed by atoms with van der Waals surface area (Å²) in [5.41, 5.74) is 2.08. The molecule has 0 aliphatic carbocycles. The summed E-state index contributed by atoms with van der Waals surface area (Å²) >= 11 is 0. The zero-order valence-corrected chi connectivity index (χ0v) is 10.5. The van der Waals surface area contributed by atoms with Gasteiger partial charge in [0.2, 0.25) is 5.91 Å². The van der Waals surface area contributed by atoms with Crippen LogP contribution < -0.4 is 10.6 Å². The Morgan fingerprint density at radius 1 is 1.50 bits per heavy atom. The van der Waals surface area contributed by atoms with Gasteiger partial charge in [-0.2, -0.15) is 0 Å². The van der Waals surface area contributed by atoms with Crippen molar-refractivity contribution >= 4 is 16.9 Å². The number of carbonyl (C=O) groups excluding carboxylic acids is 1. The van der Waals surface area contributed by atoms with Crippen molar-refractivity contribution in [3.05, 3.63) is 30.1 Å². The zero-order chi connectivity index (χ0) is 12.8. The van der Waals surface area contributed by atoms with Crippen LogP contribution in [0.15, 0.2) is 24.5 Å². The Morgan fingerprint density at radius 2 is 2.39 bits per heavy atom. The average molecular weight is 246 g/mol. The molecular formula is C13H18N4O. The number of pyridine rings is 1. The Morgan fingerprint density at radius 3 is 3.22 bits per heavy atom. The molecule has 0 saturated heterocycles. The molecule has 0 bridgehead atoms. The number of fused-ring (bicyclic) bond motifs is 1. The summed E-state index contributed by atoms with van der Waals surface area (Å²) in [6.45, 7) is 4.03. The van der Waals surface area contributed by atoms with Gasteiger partial charge in [-0.3, -0.25) is 4.79 Å². The van der Waals surface area contributed by atoms with E-state index in [2.05, 4.69) is 20.6 Å². The van der Waals surface area contributed by atoms with Crippen LogP contribution in [0.3, 0.4) is 0 Å². The normalized spacial score (nSPS) is 10.7. The van der Waals surface area contributed by atoms with Crippen LogP contribution in [0.5, 0.6) is 0 Å². The van der Waals surface area contributed by atoms with Crippen molar-refractivity contribution in [2.45, 2.75) is 19.9 Å². The Labute approximate surface area is 106 Å². The highest BCUT2D eigenvalue weighted by molar-refractivity contribution is 5.79. The molecule has 96 valence electrons. The van der Waals surface area contributed by atoms with Gasteiger partial charge in [0.1, 0.15) is 5.65 Å². The number of carbonyl (C=O) groups is 1. The number of amides is 1. The fourth-order valence-corrected chi connectivity index (χ4v) is 1.87. The molecule has 0 atom stereocenters. The molecule has 2 rings (SSSR count). The van der Waals surface area contributed by atoms with Gasteiger partial charge in [-0.05, 0) is 24.6 Å². The highest BCUT2D eigenvalue weighted by Crippen LogP contribution is 2.14. The number of aromatic nitrogens is 2. The van der Waals surface area contributed by atoms with Gasteiger partial charge in [0.05, 0.1) is 0 Å². The third-order valence-corrected chi connectivity index (χ3v) is 2.76. The van der Waals surface area contributed by atoms with Gasteiger partial charge in [-0.25, -0.2) is 4.98 Å². The van der Waals surface area contributed by atoms with Gasteiger partial charge in [-0.15, -0.1) is 0 Å². The van der Waals surface area contributed by atoms with Gasteiger partial charge >= 0.3 is 0 Å². The Hall–Kier alpha value is -1.88. The van der Waals surface area contributed by atoms with E-state index in [0.29, 0.717) is 19.5 Å². The predicted octanol–water partition coefficient (Wildman–Crippen LogP) is 1.18. The van der Waals surface area contributed by atoms with Crippen LogP contribution in [0.2, 0.25) is 0 Å². The van der Waals surface area contributed by atoms with Gasteiger partial charge < -0.3 is 15.6 Å². The standard InChI is InChI=1S/C13H18N4O/c1-2-15-12(18)5-7-14-8-10-9-17-13-11(10)4-3-6-16-13/h3-4,6,9,14H,2,5,7-8H2,1H3,(H,15,18)(H,16,17). The van der Waals surface area contributed by atoms with Gasteiger partial charge in [0.15, 0.2) is 0 Å². The molecule has 0 aliphatic heterocycles. The molecule has 3 N–H and O–H groups in total. The summed E-state index contributed by atoms with van der Waals surface area (Å²) in [5.74, 6) is 0.0885. The lowest BCUT2D eigenvalue weighted by atomic mass is 10.2. The van der Waals surface area contributed by atoms with Crippen molar-refractivity contribution in [3.63, 3.8) is 0 Å². The molecule has 0 spiro atoms. The largest absolute Gasteiger partial charge is 0.356 e. The first-order chi connectivity index (χ1) is 8.81. The minimum atomic E-state index is 0.0885. The van der Waals surface area contributed by atoms with Gasteiger partial charge in [0, 0.05) is 43.8 Å². The monoisotopic (exact) mass is 246 g/mol. The van der Waals surface area contributed by atoms with E-state index in [1.807, 2.05) is 25.3 Å². The number of nitrogens with zero attached hydrogens (tertiary/aromatic N) is 1. The number of hydrogen-bond donors (Lipinski definition) is 3. The van der Waals surface area contributed by atoms with Crippen LogP contribution >= 0.6 is 0 Å². The summed E-state index contributed by atoms with van der Waals surface area (Å²) in [4.78, 5) is 18.6. The molecular weight excluding hydrogens is 228 g/mol. The second kappa shape index (κ2) is 6.16. The maximum absolute atomic E-state index is 11.2. The Kier molecular flexibility index (Phi) is 4.30. The summed E-state index contributed by atoms with van der Waals surface area (Å²) in [7, 11) is 0. The number of nitrogens with one attached hydrogen (secondary N) is 3. The number of H-pyrrole nitrogens is 1. The SMILES string of the molecule is CCNC(=O)CCNCc1c[nH]c2ncccc12. The topological polar surface area (TPSA) is 69.8 Å². The molecule has 0 aliphatic rings. The molecule has 0 saturated carbocycles. The second-order valence-electron chi connectivity index (χ2n) is 4.09. The van der Waals surface area contributed by atoms with Crippen molar-refractivity contribution in [1.29, 1.82) is 0 Å². The van der Waals surface area contributed by atoms with Crippen molar-refractivity contribution in [3.8, 4) is 0 Å². The number of rotatable bonds is 6. The first kappa shape index (κ1) is 12.6. The lowest BCUT2D eigenvalue weighted by Crippen LogP contribution is -2.27. The Bertz CT molecular complexity index is 520. The summed E-state index contributed by atoms with van der Waals surface area (Å²) in [6.07, 6.45) is 4.23. The van der Waals surface area contributed by atoms with E-state index < -0.39 is 0 Å². The minimum Gasteiger partial charge on any atom is -0.356 e. The maximum atomic E-state index is 11.2. The quantitative estimate of drug-likeness (QED) is 0.670. The lowest BCUT2D eigenvalue weighted by molar-refractivity contribution is -0.120. The van der Waals surface area contributed by atoms with Crippen molar-refractivity contribution in [2.24, 2.45) is 0 Å². The molecule has 0 unspecified atom stereocenters. The first-order valence-electron chi connectivity index (χ1n) is 6.19. The van der Waals surface area contributed by atoms with Crippen LogP contribution in [0.25, 0.3) is 11.0 Å². The summed E-state index contributed by atoms with van der Waals surface area (Å²) < 4.78 is 0. The molecule has 5 nitrogen and oxygen atoms in total. The predicted molar refractivity (Wildman–Crippen MR) is 71.1 cm³/mol. The van der Waals surface area contributed by atoms with E-state index in [4.69, 9.17) is 0 Å². The average Bonchev–Trinajstić information content (AvgIpc) is 2.78. The second-order valence-corrected chi connectivity index (χ2v) is 4.09. The van der Waals surface area contributed by atoms with Gasteiger partial charge in [-0.1, -0.05) is 0 Å². The highest BCUT2D eigenvalue weighted by atomic mass is 16.1. The molecule has 0 radical (unpaired) electrons. The van der Waals surface area contributed by atoms with Crippen LogP contribution in [-0.4, -0.2) is 29.0 Å². The van der Waals surface area contributed by atoms with E-state index in [9.17, 15) is 4.79 Å². The summed E-state index contributed by atoms with van der Waals surface area (Å²) in [6, 6.07) is 3.97. The fraction of sp³-hybridized carbons (Fsp3) is 0.385. The lowest BCUT2D eigenvalue weighted by Gasteiger charge is -2.04. The summed E-state index contributed by atoms with van der Waals surface area (Å²) in [5, 5.41) is 7.16. The van der Waals surface area contributed by atoms with Crippen LogP contribution in [0, 0.1) is 0 Å². The van der Waals surface area contributed by atoms with Crippen molar-refractivity contribution < 1.29 is 4.79 Å². The smallest absolute Gasteiger partial charge is 0.221 e. The third-order valence-electron chi connectivity index (χ3n) is 2.76. The number of hydrogen-bond acceptors (Lipinski definition) is 3. The number of aromatic amines is 1. The molecule has 0 fully saturated rings. The molecule has 0 aromatic carbocycles. The van der Waals surface area contributed by atoms with Crippen LogP contribution in [0.4, 0.5) is 0 Å². The van der Waals surface area contributed by atoms with E-state index >= 15 is 0 Å². The van der Waals surface area contributed by atoms with E-state index in [0.717, 1.165) is 17.6 Å². The van der Waals surface area contributed by atoms with Crippen LogP contribution in [-0.2, 0) is 11.3 Å². The van der Waals surface area contributed by atoms with E-state index in [1.54, 1.807) is 6.20 Å². The molecule has 18 heavy (non-hydrogen) atoms. The van der Waals surface area contributed by atoms with Crippen LogP contribution in [0.1, 0.15) is 18.9 Å². The fourth-order valence-electron chi connectivity index (χ4n) is 1.87. The van der Waals surface area contributed by atoms with Crippen molar-refractivity contribution in [1.82, 2.24) is 20.6 Å². The highest BCUT2D eigenvalue weighted by Gasteiger charge is 2.03. The molecule has 2 heterocycles. The zero-order valence-electron chi connectivity index (χ0n) is 10.5. The van der Waals surface area contributed by atoms with E-state index in [-0.39, 0.29) is 5.91 Å². The Balaban J connectivity index is 1.82. The van der Waals surface area contributed by atoms with Crippen molar-refractivity contribution in [2.75, 3.05) is 13.1 Å². The molecule has 2 aromatic rings. The minimum absolute atomic E-state index is 0.0885. The third kappa shape index (κ3) is 3.07. The molecule has 5 heteroatoms.